The van der Waals surface area contributed by atoms with Crippen molar-refractivity contribution in [1.82, 2.24) is 5.32 Å². The van der Waals surface area contributed by atoms with Crippen molar-refractivity contribution in [1.29, 1.82) is 0 Å². The van der Waals surface area contributed by atoms with E-state index in [4.69, 9.17) is 0 Å². The molecule has 118 valence electrons. The Morgan fingerprint density at radius 2 is 1.65 bits per heavy atom. The number of carbonyl (C=O) groups is 1. The van der Waals surface area contributed by atoms with Crippen molar-refractivity contribution in [2.24, 2.45) is 0 Å². The number of hydrogen-bond donors (Lipinski definition) is 1. The monoisotopic (exact) mass is 283 g/mol. The fourth-order valence-electron chi connectivity index (χ4n) is 2.47. The van der Waals surface area contributed by atoms with Gasteiger partial charge in [0.05, 0.1) is 32.7 Å². The third-order valence-corrected chi connectivity index (χ3v) is 4.37. The molecule has 0 aromatic carbocycles. The molecule has 0 radical (unpaired) electrons. The van der Waals surface area contributed by atoms with Crippen LogP contribution >= 0.6 is 0 Å². The Bertz CT molecular complexity index is 262. The Balaban J connectivity index is 3.77. The standard InChI is InChI=1S/C17H34N2O/c1-5-9-10-11-12-13-14-17(20)18-15-16-19(6-2,7-3)8-4/h12-13H,5-11,14-16H2,1-4H3/p+1/b13-12+. The number of quaternary nitrogens is 1. The number of unbranched alkanes of at least 4 members (excludes halogenated alkanes) is 3. The van der Waals surface area contributed by atoms with E-state index in [0.717, 1.165) is 43.6 Å². The number of hydrogen-bond acceptors (Lipinski definition) is 1. The summed E-state index contributed by atoms with van der Waals surface area (Å²) in [4.78, 5) is 11.7. The maximum absolute atomic E-state index is 11.7. The van der Waals surface area contributed by atoms with Crippen molar-refractivity contribution in [3.63, 3.8) is 0 Å². The zero-order chi connectivity index (χ0) is 15.3. The number of amides is 1. The van der Waals surface area contributed by atoms with Gasteiger partial charge in [-0.1, -0.05) is 31.9 Å². The Kier molecular flexibility index (Phi) is 11.5. The number of rotatable bonds is 12. The molecule has 3 heteroatoms. The highest BCUT2D eigenvalue weighted by Gasteiger charge is 2.19. The van der Waals surface area contributed by atoms with Crippen LogP contribution in [0.2, 0.25) is 0 Å². The summed E-state index contributed by atoms with van der Waals surface area (Å²) in [6, 6.07) is 0. The molecule has 0 heterocycles. The number of likely N-dealkylation sites (N-methyl/N-ethyl adjacent to an activating group) is 1. The van der Waals surface area contributed by atoms with Gasteiger partial charge in [0.2, 0.25) is 5.91 Å². The van der Waals surface area contributed by atoms with E-state index in [1.54, 1.807) is 0 Å². The van der Waals surface area contributed by atoms with Crippen LogP contribution in [0.3, 0.4) is 0 Å². The summed E-state index contributed by atoms with van der Waals surface area (Å²) < 4.78 is 1.09. The predicted octanol–water partition coefficient (Wildman–Crippen LogP) is 3.51. The molecule has 0 aromatic heterocycles. The highest BCUT2D eigenvalue weighted by molar-refractivity contribution is 5.77. The molecule has 0 aromatic rings. The normalized spacial score (nSPS) is 12.0. The van der Waals surface area contributed by atoms with Gasteiger partial charge in [-0.3, -0.25) is 4.79 Å². The lowest BCUT2D eigenvalue weighted by molar-refractivity contribution is -0.922. The van der Waals surface area contributed by atoms with Crippen LogP contribution in [0.25, 0.3) is 0 Å². The molecule has 0 atom stereocenters. The Morgan fingerprint density at radius 1 is 1.00 bits per heavy atom. The van der Waals surface area contributed by atoms with Crippen molar-refractivity contribution in [2.45, 2.75) is 59.8 Å². The smallest absolute Gasteiger partial charge is 0.224 e. The molecule has 1 amide bonds. The number of carbonyl (C=O) groups excluding carboxylic acids is 1. The number of nitrogens with one attached hydrogen (secondary N) is 1. The van der Waals surface area contributed by atoms with Gasteiger partial charge in [-0.25, -0.2) is 0 Å². The third-order valence-electron chi connectivity index (χ3n) is 4.37. The summed E-state index contributed by atoms with van der Waals surface area (Å²) >= 11 is 0. The van der Waals surface area contributed by atoms with Gasteiger partial charge in [0.1, 0.15) is 0 Å². The predicted molar refractivity (Wildman–Crippen MR) is 87.7 cm³/mol. The summed E-state index contributed by atoms with van der Waals surface area (Å²) in [6.07, 6.45) is 9.53. The Labute approximate surface area is 126 Å². The molecule has 0 saturated carbocycles. The van der Waals surface area contributed by atoms with E-state index < -0.39 is 0 Å². The van der Waals surface area contributed by atoms with E-state index in [9.17, 15) is 4.79 Å². The van der Waals surface area contributed by atoms with Crippen molar-refractivity contribution < 1.29 is 9.28 Å². The zero-order valence-corrected chi connectivity index (χ0v) is 14.1. The first kappa shape index (κ1) is 19.2. The van der Waals surface area contributed by atoms with Gasteiger partial charge in [-0.05, 0) is 33.6 Å². The average Bonchev–Trinajstić information content (AvgIpc) is 2.48. The molecule has 0 aliphatic heterocycles. The molecule has 0 unspecified atom stereocenters. The molecule has 0 aliphatic carbocycles. The highest BCUT2D eigenvalue weighted by Crippen LogP contribution is 2.04. The first-order chi connectivity index (χ1) is 9.64. The molecule has 0 spiro atoms. The maximum atomic E-state index is 11.7. The minimum absolute atomic E-state index is 0.151. The first-order valence-corrected chi connectivity index (χ1v) is 8.40. The fourth-order valence-corrected chi connectivity index (χ4v) is 2.47. The molecular weight excluding hydrogens is 248 g/mol. The van der Waals surface area contributed by atoms with E-state index >= 15 is 0 Å². The molecule has 0 aliphatic rings. The van der Waals surface area contributed by atoms with Crippen LogP contribution in [-0.2, 0) is 4.79 Å². The van der Waals surface area contributed by atoms with Gasteiger partial charge in [0.25, 0.3) is 0 Å². The first-order valence-electron chi connectivity index (χ1n) is 8.40. The van der Waals surface area contributed by atoms with Crippen LogP contribution in [0.4, 0.5) is 0 Å². The lowest BCUT2D eigenvalue weighted by Gasteiger charge is -2.35. The third kappa shape index (κ3) is 8.36. The van der Waals surface area contributed by atoms with Crippen LogP contribution in [0.5, 0.6) is 0 Å². The molecule has 0 fully saturated rings. The largest absolute Gasteiger partial charge is 0.350 e. The lowest BCUT2D eigenvalue weighted by atomic mass is 10.2. The van der Waals surface area contributed by atoms with Crippen LogP contribution in [0.15, 0.2) is 12.2 Å². The summed E-state index contributed by atoms with van der Waals surface area (Å²) in [5, 5.41) is 3.04. The summed E-state index contributed by atoms with van der Waals surface area (Å²) in [5.74, 6) is 0.151. The minimum Gasteiger partial charge on any atom is -0.350 e. The maximum Gasteiger partial charge on any atom is 0.224 e. The topological polar surface area (TPSA) is 29.1 Å². The van der Waals surface area contributed by atoms with Gasteiger partial charge in [-0.15, -0.1) is 0 Å². The molecule has 20 heavy (non-hydrogen) atoms. The number of allylic oxidation sites excluding steroid dienone is 1. The van der Waals surface area contributed by atoms with Crippen molar-refractivity contribution in [3.8, 4) is 0 Å². The molecule has 0 bridgehead atoms. The summed E-state index contributed by atoms with van der Waals surface area (Å²) in [6.45, 7) is 14.1. The second kappa shape index (κ2) is 12.0. The van der Waals surface area contributed by atoms with Crippen molar-refractivity contribution in [2.75, 3.05) is 32.7 Å². The SMILES string of the molecule is CCCCC/C=C/CC(=O)NCC[N+](CC)(CC)CC. The van der Waals surface area contributed by atoms with Gasteiger partial charge < -0.3 is 9.80 Å². The van der Waals surface area contributed by atoms with Crippen LogP contribution < -0.4 is 5.32 Å². The van der Waals surface area contributed by atoms with E-state index in [-0.39, 0.29) is 5.91 Å². The lowest BCUT2D eigenvalue weighted by Crippen LogP contribution is -2.51. The van der Waals surface area contributed by atoms with E-state index in [1.807, 2.05) is 6.08 Å². The van der Waals surface area contributed by atoms with Gasteiger partial charge in [0.15, 0.2) is 0 Å². The molecule has 3 nitrogen and oxygen atoms in total. The van der Waals surface area contributed by atoms with E-state index in [1.165, 1.54) is 19.3 Å². The second-order valence-corrected chi connectivity index (χ2v) is 5.54. The Morgan fingerprint density at radius 3 is 2.20 bits per heavy atom. The fraction of sp³-hybridized carbons (Fsp3) is 0.824. The van der Waals surface area contributed by atoms with Crippen LogP contribution in [0, 0.1) is 0 Å². The zero-order valence-electron chi connectivity index (χ0n) is 14.1. The molecule has 0 saturated heterocycles. The second-order valence-electron chi connectivity index (χ2n) is 5.54. The van der Waals surface area contributed by atoms with Gasteiger partial charge in [0, 0.05) is 6.42 Å². The van der Waals surface area contributed by atoms with E-state index in [0.29, 0.717) is 6.42 Å². The van der Waals surface area contributed by atoms with Crippen LogP contribution in [-0.4, -0.2) is 43.1 Å². The van der Waals surface area contributed by atoms with Gasteiger partial charge >= 0.3 is 0 Å². The van der Waals surface area contributed by atoms with Gasteiger partial charge in [-0.2, -0.15) is 0 Å². The van der Waals surface area contributed by atoms with Crippen LogP contribution in [0.1, 0.15) is 59.8 Å². The summed E-state index contributed by atoms with van der Waals surface area (Å²) in [5.41, 5.74) is 0. The Hall–Kier alpha value is -0.830. The molecule has 0 rings (SSSR count). The molecular formula is C17H35N2O+. The van der Waals surface area contributed by atoms with E-state index in [2.05, 4.69) is 39.1 Å². The highest BCUT2D eigenvalue weighted by atomic mass is 16.1. The van der Waals surface area contributed by atoms with Crippen molar-refractivity contribution >= 4 is 5.91 Å². The summed E-state index contributed by atoms with van der Waals surface area (Å²) in [7, 11) is 0. The number of nitrogens with zero attached hydrogens (tertiary/aromatic N) is 1. The molecule has 1 N–H and O–H groups in total. The van der Waals surface area contributed by atoms with Crippen molar-refractivity contribution in [3.05, 3.63) is 12.2 Å². The minimum atomic E-state index is 0.151. The average molecular weight is 283 g/mol. The quantitative estimate of drug-likeness (QED) is 0.331.